The molecule has 2 nitrogen and oxygen atoms in total. The first kappa shape index (κ1) is 14.8. The highest BCUT2D eigenvalue weighted by molar-refractivity contribution is 7.73. The fraction of sp³-hybridized carbons (Fsp3) is 0.286. The van der Waals surface area contributed by atoms with Crippen LogP contribution in [0.25, 0.3) is 11.3 Å². The van der Waals surface area contributed by atoms with E-state index < -0.39 is 0 Å². The van der Waals surface area contributed by atoms with Gasteiger partial charge in [0.1, 0.15) is 0 Å². The lowest BCUT2D eigenvalue weighted by atomic mass is 10.1. The van der Waals surface area contributed by atoms with Crippen LogP contribution in [-0.4, -0.2) is 9.55 Å². The van der Waals surface area contributed by atoms with E-state index in [1.807, 2.05) is 37.7 Å². The second-order valence-corrected chi connectivity index (χ2v) is 5.49. The number of hydrogen-bond acceptors (Lipinski definition) is 3. The van der Waals surface area contributed by atoms with Crippen LogP contribution in [0.1, 0.15) is 18.7 Å². The molecule has 0 unspecified atom stereocenters. The van der Waals surface area contributed by atoms with Gasteiger partial charge in [0, 0.05) is 29.9 Å². The molecule has 96 valence electrons. The molecule has 0 bridgehead atoms. The summed E-state index contributed by atoms with van der Waals surface area (Å²) in [6.45, 7) is 3.77. The van der Waals surface area contributed by atoms with E-state index in [2.05, 4.69) is 16.1 Å². The Bertz CT molecular complexity index is 567. The van der Waals surface area contributed by atoms with E-state index in [9.17, 15) is 0 Å². The molecule has 0 N–H and O–H groups in total. The Balaban J connectivity index is 0.00000162. The Morgan fingerprint density at radius 3 is 2.72 bits per heavy atom. The van der Waals surface area contributed by atoms with Gasteiger partial charge in [0.15, 0.2) is 3.95 Å². The first-order valence-electron chi connectivity index (χ1n) is 5.44. The summed E-state index contributed by atoms with van der Waals surface area (Å²) in [5, 5.41) is 0. The average Bonchev–Trinajstić information content (AvgIpc) is 2.64. The van der Waals surface area contributed by atoms with Crippen molar-refractivity contribution in [3.05, 3.63) is 46.0 Å². The fourth-order valence-corrected chi connectivity index (χ4v) is 3.17. The molecule has 18 heavy (non-hydrogen) atoms. The van der Waals surface area contributed by atoms with E-state index >= 15 is 0 Å². The van der Waals surface area contributed by atoms with Gasteiger partial charge in [-0.15, -0.1) is 17.9 Å². The van der Waals surface area contributed by atoms with Crippen LogP contribution in [0.5, 0.6) is 0 Å². The van der Waals surface area contributed by atoms with Gasteiger partial charge in [0.25, 0.3) is 0 Å². The van der Waals surface area contributed by atoms with Gasteiger partial charge >= 0.3 is 0 Å². The van der Waals surface area contributed by atoms with Crippen molar-refractivity contribution < 1.29 is 0 Å². The van der Waals surface area contributed by atoms with Crippen LogP contribution in [0.15, 0.2) is 37.2 Å². The van der Waals surface area contributed by atoms with E-state index in [0.29, 0.717) is 0 Å². The van der Waals surface area contributed by atoms with Crippen LogP contribution in [0.2, 0.25) is 0 Å². The summed E-state index contributed by atoms with van der Waals surface area (Å²) in [5.74, 6) is 0. The normalized spacial score (nSPS) is 9.83. The molecule has 0 aliphatic rings. The third-order valence-corrected chi connectivity index (χ3v) is 4.23. The van der Waals surface area contributed by atoms with Gasteiger partial charge in [-0.1, -0.05) is 13.5 Å². The van der Waals surface area contributed by atoms with Crippen molar-refractivity contribution in [2.45, 2.75) is 20.3 Å². The SMILES string of the molecule is C.C=CCCc1sc(=S)n(C)c1-c1ccncc1. The molecule has 0 aliphatic carbocycles. The molecule has 2 heterocycles. The lowest BCUT2D eigenvalue weighted by molar-refractivity contribution is 0.911. The summed E-state index contributed by atoms with van der Waals surface area (Å²) < 4.78 is 2.99. The minimum atomic E-state index is 0. The zero-order valence-corrected chi connectivity index (χ0v) is 11.4. The van der Waals surface area contributed by atoms with Crippen LogP contribution in [0.4, 0.5) is 0 Å². The van der Waals surface area contributed by atoms with Crippen molar-refractivity contribution in [2.75, 3.05) is 0 Å². The Hall–Kier alpha value is -1.26. The topological polar surface area (TPSA) is 17.8 Å². The zero-order chi connectivity index (χ0) is 12.3. The van der Waals surface area contributed by atoms with Crippen molar-refractivity contribution in [2.24, 2.45) is 7.05 Å². The summed E-state index contributed by atoms with van der Waals surface area (Å²) >= 11 is 7.04. The van der Waals surface area contributed by atoms with E-state index in [0.717, 1.165) is 16.8 Å². The minimum absolute atomic E-state index is 0. The first-order chi connectivity index (χ1) is 8.24. The molecule has 0 fully saturated rings. The molecule has 2 rings (SSSR count). The summed E-state index contributed by atoms with van der Waals surface area (Å²) in [4.78, 5) is 5.37. The number of aromatic nitrogens is 2. The van der Waals surface area contributed by atoms with Crippen molar-refractivity contribution in [1.29, 1.82) is 0 Å². The number of rotatable bonds is 4. The highest BCUT2D eigenvalue weighted by Crippen LogP contribution is 2.29. The number of allylic oxidation sites excluding steroid dienone is 1. The van der Waals surface area contributed by atoms with E-state index in [4.69, 9.17) is 12.2 Å². The standard InChI is InChI=1S/C13H14N2S2.CH4/c1-3-4-5-11-12(15(2)13(16)17-11)10-6-8-14-9-7-10;/h3,6-9H,1,4-5H2,2H3;1H4. The monoisotopic (exact) mass is 278 g/mol. The highest BCUT2D eigenvalue weighted by atomic mass is 32.1. The maximum absolute atomic E-state index is 5.35. The third kappa shape index (κ3) is 2.94. The molecule has 4 heteroatoms. The van der Waals surface area contributed by atoms with Crippen LogP contribution >= 0.6 is 23.6 Å². The second kappa shape index (κ2) is 6.61. The molecule has 0 amide bonds. The van der Waals surface area contributed by atoms with Crippen LogP contribution in [-0.2, 0) is 13.5 Å². The highest BCUT2D eigenvalue weighted by Gasteiger charge is 2.11. The average molecular weight is 278 g/mol. The number of pyridine rings is 1. The Kier molecular flexibility index (Phi) is 5.44. The molecule has 0 aliphatic heterocycles. The van der Waals surface area contributed by atoms with Gasteiger partial charge in [-0.2, -0.15) is 0 Å². The molecule has 0 saturated heterocycles. The Labute approximate surface area is 118 Å². The number of hydrogen-bond donors (Lipinski definition) is 0. The molecule has 0 spiro atoms. The molecular formula is C14H18N2S2. The van der Waals surface area contributed by atoms with Gasteiger partial charge in [0.05, 0.1) is 5.69 Å². The molecule has 2 aromatic heterocycles. The van der Waals surface area contributed by atoms with Crippen LogP contribution in [0, 0.1) is 3.95 Å². The smallest absolute Gasteiger partial charge is 0.161 e. The van der Waals surface area contributed by atoms with Gasteiger partial charge in [0.2, 0.25) is 0 Å². The number of nitrogens with zero attached hydrogens (tertiary/aromatic N) is 2. The fourth-order valence-electron chi connectivity index (χ4n) is 1.77. The van der Waals surface area contributed by atoms with Gasteiger partial charge in [-0.3, -0.25) is 4.98 Å². The maximum Gasteiger partial charge on any atom is 0.161 e. The molecular weight excluding hydrogens is 260 g/mol. The lowest BCUT2D eigenvalue weighted by Crippen LogP contribution is -1.94. The minimum Gasteiger partial charge on any atom is -0.326 e. The van der Waals surface area contributed by atoms with E-state index in [1.165, 1.54) is 16.1 Å². The molecule has 0 saturated carbocycles. The predicted molar refractivity (Wildman–Crippen MR) is 82.6 cm³/mol. The van der Waals surface area contributed by atoms with Crippen molar-refractivity contribution in [3.63, 3.8) is 0 Å². The molecule has 0 radical (unpaired) electrons. The van der Waals surface area contributed by atoms with Gasteiger partial charge < -0.3 is 4.57 Å². The largest absolute Gasteiger partial charge is 0.326 e. The number of aryl methyl sites for hydroxylation is 1. The van der Waals surface area contributed by atoms with E-state index in [-0.39, 0.29) is 7.43 Å². The second-order valence-electron chi connectivity index (χ2n) is 3.76. The lowest BCUT2D eigenvalue weighted by Gasteiger charge is -2.05. The predicted octanol–water partition coefficient (Wildman–Crippen LogP) is 4.63. The first-order valence-corrected chi connectivity index (χ1v) is 6.66. The summed E-state index contributed by atoms with van der Waals surface area (Å²) in [7, 11) is 2.02. The Morgan fingerprint density at radius 2 is 2.11 bits per heavy atom. The third-order valence-electron chi connectivity index (χ3n) is 2.61. The zero-order valence-electron chi connectivity index (χ0n) is 9.72. The van der Waals surface area contributed by atoms with Crippen molar-refractivity contribution in [3.8, 4) is 11.3 Å². The molecule has 0 atom stereocenters. The van der Waals surface area contributed by atoms with Crippen molar-refractivity contribution >= 4 is 23.6 Å². The van der Waals surface area contributed by atoms with Crippen LogP contribution in [0.3, 0.4) is 0 Å². The van der Waals surface area contributed by atoms with Crippen molar-refractivity contribution in [1.82, 2.24) is 9.55 Å². The quantitative estimate of drug-likeness (QED) is 0.599. The molecule has 0 aromatic carbocycles. The van der Waals surface area contributed by atoms with Gasteiger partial charge in [-0.05, 0) is 37.2 Å². The van der Waals surface area contributed by atoms with Gasteiger partial charge in [-0.25, -0.2) is 0 Å². The Morgan fingerprint density at radius 1 is 1.44 bits per heavy atom. The number of thiazole rings is 1. The summed E-state index contributed by atoms with van der Waals surface area (Å²) in [6.07, 6.45) is 7.55. The molecule has 2 aromatic rings. The summed E-state index contributed by atoms with van der Waals surface area (Å²) in [5.41, 5.74) is 2.39. The van der Waals surface area contributed by atoms with Crippen LogP contribution < -0.4 is 0 Å². The van der Waals surface area contributed by atoms with E-state index in [1.54, 1.807) is 11.3 Å². The maximum atomic E-state index is 5.35. The summed E-state index contributed by atoms with van der Waals surface area (Å²) in [6, 6.07) is 4.04.